The van der Waals surface area contributed by atoms with Gasteiger partial charge in [-0.25, -0.2) is 0 Å². The monoisotopic (exact) mass is 308 g/mol. The number of hydrogen-bond donors (Lipinski definition) is 1. The van der Waals surface area contributed by atoms with E-state index in [2.05, 4.69) is 12.2 Å². The quantitative estimate of drug-likeness (QED) is 0.818. The fourth-order valence-corrected chi connectivity index (χ4v) is 2.86. The summed E-state index contributed by atoms with van der Waals surface area (Å²) in [5, 5.41) is 3.29. The van der Waals surface area contributed by atoms with Gasteiger partial charge in [0.1, 0.15) is 6.04 Å². The van der Waals surface area contributed by atoms with E-state index in [1.165, 1.54) is 13.3 Å². The van der Waals surface area contributed by atoms with Gasteiger partial charge >= 0.3 is 0 Å². The minimum absolute atomic E-state index is 0.0704. The number of benzene rings is 1. The number of hydrogen-bond acceptors (Lipinski definition) is 2. The Morgan fingerprint density at radius 2 is 2.10 bits per heavy atom. The lowest BCUT2D eigenvalue weighted by atomic mass is 10.1. The lowest BCUT2D eigenvalue weighted by Crippen LogP contribution is -2.37. The summed E-state index contributed by atoms with van der Waals surface area (Å²) in [7, 11) is 0. The topological polar surface area (TPSA) is 49.4 Å². The number of nitrogens with one attached hydrogen (secondary N) is 1. The molecule has 0 unspecified atom stereocenters. The molecule has 1 aromatic carbocycles. The van der Waals surface area contributed by atoms with E-state index >= 15 is 0 Å². The summed E-state index contributed by atoms with van der Waals surface area (Å²) in [5.41, 5.74) is 1.65. The molecule has 1 atom stereocenters. The van der Waals surface area contributed by atoms with E-state index < -0.39 is 6.04 Å². The minimum Gasteiger partial charge on any atom is -0.341 e. The van der Waals surface area contributed by atoms with Gasteiger partial charge in [0.2, 0.25) is 5.91 Å². The third-order valence-corrected chi connectivity index (χ3v) is 3.92. The maximum Gasteiger partial charge on any atom is 0.254 e. The van der Waals surface area contributed by atoms with Gasteiger partial charge in [-0.3, -0.25) is 9.59 Å². The second kappa shape index (κ2) is 6.94. The van der Waals surface area contributed by atoms with Crippen molar-refractivity contribution in [2.45, 2.75) is 45.6 Å². The van der Waals surface area contributed by atoms with Gasteiger partial charge in [-0.05, 0) is 24.6 Å². The van der Waals surface area contributed by atoms with Crippen LogP contribution in [-0.2, 0) is 9.59 Å². The molecule has 5 heteroatoms. The molecule has 1 aromatic rings. The first-order valence-electron chi connectivity index (χ1n) is 7.42. The maximum absolute atomic E-state index is 12.5. The van der Waals surface area contributed by atoms with Gasteiger partial charge in [0, 0.05) is 29.7 Å². The predicted molar refractivity (Wildman–Crippen MR) is 84.5 cm³/mol. The van der Waals surface area contributed by atoms with Crippen molar-refractivity contribution in [3.8, 4) is 0 Å². The molecule has 114 valence electrons. The van der Waals surface area contributed by atoms with E-state index in [1.54, 1.807) is 17.0 Å². The lowest BCUT2D eigenvalue weighted by Gasteiger charge is -2.18. The molecule has 2 rings (SSSR count). The Bertz CT molecular complexity index is 545. The Kier molecular flexibility index (Phi) is 5.23. The van der Waals surface area contributed by atoms with E-state index in [4.69, 9.17) is 11.6 Å². The van der Waals surface area contributed by atoms with Crippen LogP contribution >= 0.6 is 11.6 Å². The maximum atomic E-state index is 12.5. The molecule has 1 aliphatic rings. The SMILES string of the molecule is CCCCCCN1C(=O)[C@H](NC(C)=O)c2cc(Cl)ccc21. The van der Waals surface area contributed by atoms with Crippen molar-refractivity contribution in [3.63, 3.8) is 0 Å². The molecule has 0 saturated carbocycles. The molecular formula is C16H21ClN2O2. The summed E-state index contributed by atoms with van der Waals surface area (Å²) in [5.74, 6) is -0.286. The number of unbranched alkanes of at least 4 members (excludes halogenated alkanes) is 3. The molecule has 0 saturated heterocycles. The summed E-state index contributed by atoms with van der Waals surface area (Å²) in [6.45, 7) is 4.26. The molecule has 21 heavy (non-hydrogen) atoms. The molecule has 1 N–H and O–H groups in total. The highest BCUT2D eigenvalue weighted by Crippen LogP contribution is 2.37. The number of rotatable bonds is 6. The van der Waals surface area contributed by atoms with Crippen molar-refractivity contribution in [1.29, 1.82) is 0 Å². The first-order valence-corrected chi connectivity index (χ1v) is 7.80. The molecule has 2 amide bonds. The van der Waals surface area contributed by atoms with Crippen LogP contribution in [0.4, 0.5) is 5.69 Å². The van der Waals surface area contributed by atoms with Crippen LogP contribution < -0.4 is 10.2 Å². The van der Waals surface area contributed by atoms with E-state index in [0.29, 0.717) is 11.6 Å². The molecule has 0 radical (unpaired) electrons. The Morgan fingerprint density at radius 3 is 2.76 bits per heavy atom. The normalized spacial score (nSPS) is 17.0. The molecule has 1 heterocycles. The molecule has 0 fully saturated rings. The van der Waals surface area contributed by atoms with Crippen LogP contribution in [0.15, 0.2) is 18.2 Å². The highest BCUT2D eigenvalue weighted by Gasteiger charge is 2.37. The Morgan fingerprint density at radius 1 is 1.33 bits per heavy atom. The van der Waals surface area contributed by atoms with Crippen LogP contribution in [0.1, 0.15) is 51.1 Å². The molecule has 0 aromatic heterocycles. The second-order valence-electron chi connectivity index (χ2n) is 5.39. The molecule has 0 spiro atoms. The standard InChI is InChI=1S/C16H21ClN2O2/c1-3-4-5-6-9-19-14-8-7-12(17)10-13(14)15(16(19)21)18-11(2)20/h7-8,10,15H,3-6,9H2,1-2H3,(H,18,20)/t15-/m1/s1. The zero-order chi connectivity index (χ0) is 15.4. The zero-order valence-corrected chi connectivity index (χ0v) is 13.2. The van der Waals surface area contributed by atoms with E-state index in [1.807, 2.05) is 6.07 Å². The van der Waals surface area contributed by atoms with Crippen LogP contribution in [0.2, 0.25) is 5.02 Å². The number of carbonyl (C=O) groups excluding carboxylic acids is 2. The fourth-order valence-electron chi connectivity index (χ4n) is 2.68. The van der Waals surface area contributed by atoms with E-state index in [9.17, 15) is 9.59 Å². The average molecular weight is 309 g/mol. The largest absolute Gasteiger partial charge is 0.341 e. The van der Waals surface area contributed by atoms with Crippen molar-refractivity contribution >= 4 is 29.1 Å². The number of fused-ring (bicyclic) bond motifs is 1. The van der Waals surface area contributed by atoms with E-state index in [-0.39, 0.29) is 11.8 Å². The van der Waals surface area contributed by atoms with Gasteiger partial charge in [-0.15, -0.1) is 0 Å². The Labute approximate surface area is 130 Å². The van der Waals surface area contributed by atoms with Gasteiger partial charge < -0.3 is 10.2 Å². The van der Waals surface area contributed by atoms with Gasteiger partial charge in [-0.2, -0.15) is 0 Å². The first kappa shape index (κ1) is 15.8. The predicted octanol–water partition coefficient (Wildman–Crippen LogP) is 3.44. The van der Waals surface area contributed by atoms with Crippen LogP contribution in [0, 0.1) is 0 Å². The Hall–Kier alpha value is -1.55. The number of anilines is 1. The van der Waals surface area contributed by atoms with Gasteiger partial charge in [0.25, 0.3) is 5.91 Å². The van der Waals surface area contributed by atoms with Crippen molar-refractivity contribution in [3.05, 3.63) is 28.8 Å². The van der Waals surface area contributed by atoms with Gasteiger partial charge in [0.05, 0.1) is 0 Å². The highest BCUT2D eigenvalue weighted by molar-refractivity contribution is 6.31. The molecule has 0 bridgehead atoms. The first-order chi connectivity index (χ1) is 10.0. The lowest BCUT2D eigenvalue weighted by molar-refractivity contribution is -0.126. The number of halogens is 1. The average Bonchev–Trinajstić information content (AvgIpc) is 2.68. The van der Waals surface area contributed by atoms with E-state index in [0.717, 1.165) is 30.5 Å². The molecule has 0 aliphatic carbocycles. The van der Waals surface area contributed by atoms with Crippen LogP contribution in [0.5, 0.6) is 0 Å². The summed E-state index contributed by atoms with van der Waals surface area (Å²) in [4.78, 5) is 25.6. The minimum atomic E-state index is -0.609. The second-order valence-corrected chi connectivity index (χ2v) is 5.82. The van der Waals surface area contributed by atoms with Crippen LogP contribution in [-0.4, -0.2) is 18.4 Å². The number of nitrogens with zero attached hydrogens (tertiary/aromatic N) is 1. The third kappa shape index (κ3) is 3.56. The van der Waals surface area contributed by atoms with Crippen molar-refractivity contribution in [2.75, 3.05) is 11.4 Å². The number of amides is 2. The summed E-state index contributed by atoms with van der Waals surface area (Å²) < 4.78 is 0. The third-order valence-electron chi connectivity index (χ3n) is 3.69. The fraction of sp³-hybridized carbons (Fsp3) is 0.500. The zero-order valence-electron chi connectivity index (χ0n) is 12.5. The molecular weight excluding hydrogens is 288 g/mol. The van der Waals surface area contributed by atoms with Crippen LogP contribution in [0.25, 0.3) is 0 Å². The molecule has 1 aliphatic heterocycles. The number of carbonyl (C=O) groups is 2. The Balaban J connectivity index is 2.20. The van der Waals surface area contributed by atoms with Crippen molar-refractivity contribution in [2.24, 2.45) is 0 Å². The summed E-state index contributed by atoms with van der Waals surface area (Å²) in [6.07, 6.45) is 4.40. The van der Waals surface area contributed by atoms with Crippen molar-refractivity contribution in [1.82, 2.24) is 5.32 Å². The van der Waals surface area contributed by atoms with Gasteiger partial charge in [0.15, 0.2) is 0 Å². The van der Waals surface area contributed by atoms with Gasteiger partial charge in [-0.1, -0.05) is 37.8 Å². The smallest absolute Gasteiger partial charge is 0.254 e. The molecule has 4 nitrogen and oxygen atoms in total. The summed E-state index contributed by atoms with van der Waals surface area (Å²) in [6, 6.07) is 4.80. The summed E-state index contributed by atoms with van der Waals surface area (Å²) >= 11 is 6.02. The highest BCUT2D eigenvalue weighted by atomic mass is 35.5. The van der Waals surface area contributed by atoms with Crippen LogP contribution in [0.3, 0.4) is 0 Å². The van der Waals surface area contributed by atoms with Crippen molar-refractivity contribution < 1.29 is 9.59 Å².